The Hall–Kier alpha value is -4.34. The lowest BCUT2D eigenvalue weighted by Crippen LogP contribution is -2.14. The van der Waals surface area contributed by atoms with E-state index >= 15 is 0 Å². The van der Waals surface area contributed by atoms with Gasteiger partial charge in [0.05, 0.1) is 11.1 Å². The summed E-state index contributed by atoms with van der Waals surface area (Å²) in [6, 6.07) is 36.3. The van der Waals surface area contributed by atoms with Crippen molar-refractivity contribution in [3.05, 3.63) is 120 Å². The molecule has 0 spiro atoms. The van der Waals surface area contributed by atoms with Crippen LogP contribution in [0.3, 0.4) is 0 Å². The van der Waals surface area contributed by atoms with E-state index in [1.165, 1.54) is 0 Å². The van der Waals surface area contributed by atoms with Crippen molar-refractivity contribution in [2.45, 2.75) is 0 Å². The van der Waals surface area contributed by atoms with Crippen LogP contribution < -0.4 is 0 Å². The Labute approximate surface area is 169 Å². The molecule has 0 unspecified atom stereocenters. The molecule has 0 heterocycles. The summed E-state index contributed by atoms with van der Waals surface area (Å²) in [5, 5.41) is 0. The first-order valence-electron chi connectivity index (χ1n) is 8.96. The second kappa shape index (κ2) is 8.13. The molecule has 3 heteroatoms. The van der Waals surface area contributed by atoms with Gasteiger partial charge in [-0.05, 0) is 36.4 Å². The summed E-state index contributed by atoms with van der Waals surface area (Å²) in [7, 11) is 0. The van der Waals surface area contributed by atoms with E-state index in [4.69, 9.17) is 4.74 Å². The Morgan fingerprint density at radius 3 is 1.45 bits per heavy atom. The summed E-state index contributed by atoms with van der Waals surface area (Å²) < 4.78 is 5.22. The third-order valence-electron chi connectivity index (χ3n) is 4.36. The number of hydrogen-bond acceptors (Lipinski definition) is 3. The number of benzene rings is 2. The van der Waals surface area contributed by atoms with E-state index in [1.54, 1.807) is 48.5 Å². The van der Waals surface area contributed by atoms with E-state index < -0.39 is 11.9 Å². The fraction of sp³-hybridized carbons (Fsp3) is 0. The Morgan fingerprint density at radius 1 is 0.586 bits per heavy atom. The topological polar surface area (TPSA) is 43.4 Å². The van der Waals surface area contributed by atoms with E-state index in [0.29, 0.717) is 22.3 Å². The number of ether oxygens (including phenoxy) is 1. The lowest BCUT2D eigenvalue weighted by molar-refractivity contribution is 0.0399. The van der Waals surface area contributed by atoms with Crippen LogP contribution in [-0.2, 0) is 4.74 Å². The molecule has 0 amide bonds. The monoisotopic (exact) mass is 374 g/mol. The van der Waals surface area contributed by atoms with Crippen molar-refractivity contribution < 1.29 is 14.3 Å². The number of hydrogen-bond donors (Lipinski definition) is 0. The van der Waals surface area contributed by atoms with Gasteiger partial charge >= 0.3 is 11.9 Å². The van der Waals surface area contributed by atoms with Crippen molar-refractivity contribution in [2.24, 2.45) is 0 Å². The van der Waals surface area contributed by atoms with Gasteiger partial charge in [-0.25, -0.2) is 9.59 Å². The zero-order valence-corrected chi connectivity index (χ0v) is 15.3. The minimum atomic E-state index is -0.721. The summed E-state index contributed by atoms with van der Waals surface area (Å²) >= 11 is 0. The molecule has 4 rings (SSSR count). The van der Waals surface area contributed by atoms with E-state index in [0.717, 1.165) is 0 Å². The number of carbonyl (C=O) groups is 2. The van der Waals surface area contributed by atoms with Crippen LogP contribution in [0.4, 0.5) is 0 Å². The molecule has 136 valence electrons. The number of rotatable bonds is 4. The largest absolute Gasteiger partial charge is 0.386 e. The number of esters is 2. The van der Waals surface area contributed by atoms with E-state index in [1.807, 2.05) is 36.4 Å². The minimum Gasteiger partial charge on any atom is -0.386 e. The van der Waals surface area contributed by atoms with Crippen LogP contribution in [0.1, 0.15) is 20.7 Å². The zero-order chi connectivity index (χ0) is 20.1. The highest BCUT2D eigenvalue weighted by Gasteiger charge is 2.21. The number of carbonyl (C=O) groups excluding carboxylic acids is 2. The highest BCUT2D eigenvalue weighted by molar-refractivity contribution is 6.07. The van der Waals surface area contributed by atoms with E-state index in [-0.39, 0.29) is 11.1 Å². The van der Waals surface area contributed by atoms with Crippen molar-refractivity contribution in [1.29, 1.82) is 0 Å². The molecule has 0 saturated carbocycles. The molecular formula is C26H14O3. The van der Waals surface area contributed by atoms with Crippen molar-refractivity contribution in [2.75, 3.05) is 0 Å². The van der Waals surface area contributed by atoms with Gasteiger partial charge in [0.1, 0.15) is 0 Å². The Balaban J connectivity index is 1.64. The fourth-order valence-corrected chi connectivity index (χ4v) is 3.01. The summed E-state index contributed by atoms with van der Waals surface area (Å²) in [5.41, 5.74) is 3.22. The van der Waals surface area contributed by atoms with Gasteiger partial charge in [-0.3, -0.25) is 0 Å². The molecule has 0 saturated heterocycles. The second-order valence-corrected chi connectivity index (χ2v) is 6.19. The first kappa shape index (κ1) is 18.0. The van der Waals surface area contributed by atoms with Crippen molar-refractivity contribution in [3.8, 4) is 22.3 Å². The van der Waals surface area contributed by atoms with Crippen LogP contribution in [0, 0.1) is 24.3 Å². The maximum Gasteiger partial charge on any atom is 0.346 e. The molecule has 4 aromatic rings. The van der Waals surface area contributed by atoms with Crippen molar-refractivity contribution >= 4 is 11.9 Å². The SMILES string of the molecule is O=C(OC(=O)c1ccccc1-c1c#cccc1)c1ccccc1-c1c#cccc1. The van der Waals surface area contributed by atoms with Gasteiger partial charge in [-0.15, -0.1) is 0 Å². The van der Waals surface area contributed by atoms with Gasteiger partial charge in [-0.1, -0.05) is 72.8 Å². The first-order valence-corrected chi connectivity index (χ1v) is 8.96. The van der Waals surface area contributed by atoms with Gasteiger partial charge in [0.25, 0.3) is 0 Å². The van der Waals surface area contributed by atoms with Crippen LogP contribution in [0.15, 0.2) is 84.9 Å². The van der Waals surface area contributed by atoms with Gasteiger partial charge in [0, 0.05) is 22.3 Å². The van der Waals surface area contributed by atoms with Crippen LogP contribution in [0.5, 0.6) is 0 Å². The molecule has 4 aromatic carbocycles. The lowest BCUT2D eigenvalue weighted by atomic mass is 10.0. The molecule has 29 heavy (non-hydrogen) atoms. The molecule has 0 aliphatic heterocycles. The summed E-state index contributed by atoms with van der Waals surface area (Å²) in [6.07, 6.45) is 0. The van der Waals surface area contributed by atoms with Crippen LogP contribution in [0.25, 0.3) is 22.3 Å². The summed E-state index contributed by atoms with van der Waals surface area (Å²) in [5.74, 6) is -1.44. The Morgan fingerprint density at radius 2 is 1.03 bits per heavy atom. The molecule has 0 aromatic heterocycles. The standard InChI is InChI=1S/C26H14O3/c27-25(23-17-9-7-15-21(23)19-11-3-1-4-12-19)29-26(28)24-18-10-8-16-22(24)20-13-5-2-6-14-20/h1-3,5,7-11,13,15-18H. The van der Waals surface area contributed by atoms with Gasteiger partial charge in [0.2, 0.25) is 0 Å². The molecular weight excluding hydrogens is 360 g/mol. The molecule has 0 N–H and O–H groups in total. The molecule has 0 atom stereocenters. The fourth-order valence-electron chi connectivity index (χ4n) is 3.01. The second-order valence-electron chi connectivity index (χ2n) is 6.19. The molecule has 3 nitrogen and oxygen atoms in total. The predicted molar refractivity (Wildman–Crippen MR) is 109 cm³/mol. The highest BCUT2D eigenvalue weighted by Crippen LogP contribution is 2.25. The molecule has 0 radical (unpaired) electrons. The first-order chi connectivity index (χ1) is 14.2. The van der Waals surface area contributed by atoms with E-state index in [9.17, 15) is 9.59 Å². The van der Waals surface area contributed by atoms with Crippen molar-refractivity contribution in [3.63, 3.8) is 0 Å². The average molecular weight is 374 g/mol. The normalized spacial score (nSPS) is 9.79. The predicted octanol–water partition coefficient (Wildman–Crippen LogP) is 5.22. The third kappa shape index (κ3) is 3.86. The molecule has 0 aliphatic rings. The van der Waals surface area contributed by atoms with Gasteiger partial charge in [0.15, 0.2) is 0 Å². The summed E-state index contributed by atoms with van der Waals surface area (Å²) in [4.78, 5) is 25.6. The zero-order valence-electron chi connectivity index (χ0n) is 15.3. The molecule has 0 fully saturated rings. The summed E-state index contributed by atoms with van der Waals surface area (Å²) in [6.45, 7) is 0. The van der Waals surface area contributed by atoms with Crippen LogP contribution in [-0.4, -0.2) is 11.9 Å². The average Bonchev–Trinajstić information content (AvgIpc) is 2.80. The van der Waals surface area contributed by atoms with Gasteiger partial charge in [-0.2, -0.15) is 0 Å². The maximum atomic E-state index is 12.8. The highest BCUT2D eigenvalue weighted by atomic mass is 16.6. The molecule has 0 aliphatic carbocycles. The third-order valence-corrected chi connectivity index (χ3v) is 4.36. The quantitative estimate of drug-likeness (QED) is 0.363. The smallest absolute Gasteiger partial charge is 0.346 e. The minimum absolute atomic E-state index is 0.286. The van der Waals surface area contributed by atoms with Crippen molar-refractivity contribution in [1.82, 2.24) is 0 Å². The van der Waals surface area contributed by atoms with Crippen LogP contribution >= 0.6 is 0 Å². The maximum absolute atomic E-state index is 12.8. The Bertz CT molecular complexity index is 1060. The lowest BCUT2D eigenvalue weighted by Gasteiger charge is -2.10. The van der Waals surface area contributed by atoms with E-state index in [2.05, 4.69) is 24.3 Å². The van der Waals surface area contributed by atoms with Crippen LogP contribution in [0.2, 0.25) is 0 Å². The Kier molecular flexibility index (Phi) is 5.06. The van der Waals surface area contributed by atoms with Gasteiger partial charge < -0.3 is 4.74 Å². The molecule has 0 bridgehead atoms.